The molecule has 0 aliphatic heterocycles. The van der Waals surface area contributed by atoms with Crippen LogP contribution in [0, 0.1) is 6.57 Å². The molecule has 0 N–H and O–H groups in total. The van der Waals surface area contributed by atoms with Crippen molar-refractivity contribution < 1.29 is 0 Å². The van der Waals surface area contributed by atoms with Crippen molar-refractivity contribution in [2.45, 2.75) is 0 Å². The minimum Gasteiger partial charge on any atom is -0.255 e. The first kappa shape index (κ1) is 32.7. The third-order valence-corrected chi connectivity index (χ3v) is 10.1. The molecule has 0 bridgehead atoms. The normalized spacial score (nSPS) is 11.2. The van der Waals surface area contributed by atoms with Gasteiger partial charge >= 0.3 is 0 Å². The van der Waals surface area contributed by atoms with E-state index in [1.165, 1.54) is 0 Å². The van der Waals surface area contributed by atoms with Gasteiger partial charge in [-0.15, -0.1) is 0 Å². The van der Waals surface area contributed by atoms with Crippen LogP contribution in [0.3, 0.4) is 0 Å². The lowest BCUT2D eigenvalue weighted by Gasteiger charge is -2.16. The van der Waals surface area contributed by atoms with Crippen molar-refractivity contribution in [1.82, 2.24) is 24.9 Å². The molecule has 10 aromatic rings. The first-order valence-corrected chi connectivity index (χ1v) is 18.4. The maximum absolute atomic E-state index is 8.38. The fraction of sp³-hybridized carbons (Fsp3) is 0. The Morgan fingerprint density at radius 1 is 0.357 bits per heavy atom. The molecule has 10 rings (SSSR count). The first-order chi connectivity index (χ1) is 27.7. The quantitative estimate of drug-likeness (QED) is 0.127. The minimum atomic E-state index is 0.419. The van der Waals surface area contributed by atoms with Crippen LogP contribution in [-0.4, -0.2) is 24.9 Å². The van der Waals surface area contributed by atoms with E-state index >= 15 is 0 Å². The Kier molecular flexibility index (Phi) is 8.09. The second-order valence-electron chi connectivity index (χ2n) is 13.5. The molecule has 0 aliphatic rings. The lowest BCUT2D eigenvalue weighted by molar-refractivity contribution is 1.18. The Morgan fingerprint density at radius 3 is 1.52 bits per heavy atom. The zero-order chi connectivity index (χ0) is 37.4. The van der Waals surface area contributed by atoms with Crippen molar-refractivity contribution in [2.75, 3.05) is 0 Å². The molecule has 3 heterocycles. The van der Waals surface area contributed by atoms with Crippen molar-refractivity contribution in [3.05, 3.63) is 193 Å². The minimum absolute atomic E-state index is 0.419. The van der Waals surface area contributed by atoms with Crippen molar-refractivity contribution in [3.8, 4) is 67.7 Å². The highest BCUT2D eigenvalue weighted by Gasteiger charge is 2.22. The van der Waals surface area contributed by atoms with Gasteiger partial charge in [0.1, 0.15) is 0 Å². The Labute approximate surface area is 323 Å². The Hall–Kier alpha value is -7.88. The van der Waals surface area contributed by atoms with Crippen molar-refractivity contribution >= 4 is 38.4 Å². The highest BCUT2D eigenvalue weighted by atomic mass is 14.9. The molecule has 0 spiro atoms. The molecular formula is C50H30N6. The summed E-state index contributed by atoms with van der Waals surface area (Å²) in [4.78, 5) is 30.1. The topological polar surface area (TPSA) is 68.8 Å². The van der Waals surface area contributed by atoms with Crippen molar-refractivity contribution in [3.63, 3.8) is 0 Å². The summed E-state index contributed by atoms with van der Waals surface area (Å²) in [6.07, 6.45) is 0. The average molecular weight is 715 g/mol. The fourth-order valence-electron chi connectivity index (χ4n) is 7.41. The van der Waals surface area contributed by atoms with Crippen LogP contribution >= 0.6 is 0 Å². The average Bonchev–Trinajstić information content (AvgIpc) is 3.29. The van der Waals surface area contributed by atoms with Gasteiger partial charge in [-0.3, -0.25) is 4.98 Å². The molecule has 0 radical (unpaired) electrons. The SMILES string of the molecule is [C-]#[N+]c1cc2c(-c3cccc(-c4cc(-c5ccccc5)nc(-c5ccccc5)n4)c3)nc3ccccc3c2c2nc(-c3ccccc3)c(-c3ccccc3)nc12. The molecule has 6 nitrogen and oxygen atoms in total. The molecule has 0 aliphatic carbocycles. The van der Waals surface area contributed by atoms with Gasteiger partial charge in [-0.1, -0.05) is 158 Å². The zero-order valence-electron chi connectivity index (χ0n) is 30.0. The number of aromatic nitrogens is 5. The maximum Gasteiger partial charge on any atom is 0.215 e. The summed E-state index contributed by atoms with van der Waals surface area (Å²) in [7, 11) is 0. The first-order valence-electron chi connectivity index (χ1n) is 18.4. The van der Waals surface area contributed by atoms with Gasteiger partial charge in [-0.05, 0) is 24.3 Å². The fourth-order valence-corrected chi connectivity index (χ4v) is 7.41. The van der Waals surface area contributed by atoms with Gasteiger partial charge in [0.15, 0.2) is 5.82 Å². The van der Waals surface area contributed by atoms with E-state index in [1.54, 1.807) is 0 Å². The standard InChI is InChI=1S/C50H30N6/c1-51-43-30-39-44(49-48(43)55-46(33-19-8-3-9-20-33)47(56-49)34-21-10-4-11-22-34)38-27-14-15-28-40(38)52-45(39)37-26-16-25-36(29-37)42-31-41(32-17-6-2-7-18-32)53-50(54-42)35-23-12-5-13-24-35/h2-31H. The van der Waals surface area contributed by atoms with Crippen LogP contribution < -0.4 is 0 Å². The molecular weight excluding hydrogens is 685 g/mol. The van der Waals surface area contributed by atoms with Gasteiger partial charge in [0.25, 0.3) is 0 Å². The largest absolute Gasteiger partial charge is 0.255 e. The van der Waals surface area contributed by atoms with E-state index < -0.39 is 0 Å². The lowest BCUT2D eigenvalue weighted by Crippen LogP contribution is -1.98. The number of benzene rings is 7. The van der Waals surface area contributed by atoms with Crippen LogP contribution in [0.15, 0.2) is 182 Å². The second kappa shape index (κ2) is 13.8. The highest BCUT2D eigenvalue weighted by Crippen LogP contribution is 2.43. The summed E-state index contributed by atoms with van der Waals surface area (Å²) in [5.41, 5.74) is 12.0. The van der Waals surface area contributed by atoms with Crippen LogP contribution in [-0.2, 0) is 0 Å². The number of para-hydroxylation sites is 1. The Bertz CT molecular complexity index is 3070. The summed E-state index contributed by atoms with van der Waals surface area (Å²) in [5, 5.41) is 2.68. The number of hydrogen-bond donors (Lipinski definition) is 0. The third kappa shape index (κ3) is 5.81. The van der Waals surface area contributed by atoms with Gasteiger partial charge in [-0.2, -0.15) is 0 Å². The second-order valence-corrected chi connectivity index (χ2v) is 13.5. The predicted molar refractivity (Wildman–Crippen MR) is 227 cm³/mol. The van der Waals surface area contributed by atoms with Gasteiger partial charge in [-0.25, -0.2) is 24.8 Å². The molecule has 0 saturated carbocycles. The van der Waals surface area contributed by atoms with Crippen LogP contribution in [0.1, 0.15) is 0 Å². The van der Waals surface area contributed by atoms with E-state index in [4.69, 9.17) is 31.5 Å². The van der Waals surface area contributed by atoms with Crippen molar-refractivity contribution in [1.29, 1.82) is 0 Å². The highest BCUT2D eigenvalue weighted by molar-refractivity contribution is 6.23. The predicted octanol–water partition coefficient (Wildman–Crippen LogP) is 12.7. The number of fused-ring (bicyclic) bond motifs is 5. The van der Waals surface area contributed by atoms with Crippen LogP contribution in [0.25, 0.3) is 105 Å². The summed E-state index contributed by atoms with van der Waals surface area (Å²) >= 11 is 0. The van der Waals surface area contributed by atoms with E-state index in [2.05, 4.69) is 53.4 Å². The van der Waals surface area contributed by atoms with Crippen LogP contribution in [0.2, 0.25) is 0 Å². The third-order valence-electron chi connectivity index (χ3n) is 10.1. The molecule has 3 aromatic heterocycles. The molecule has 260 valence electrons. The van der Waals surface area contributed by atoms with Crippen molar-refractivity contribution in [2.24, 2.45) is 0 Å². The van der Waals surface area contributed by atoms with E-state index in [0.717, 1.165) is 83.5 Å². The summed E-state index contributed by atoms with van der Waals surface area (Å²) < 4.78 is 0. The van der Waals surface area contributed by atoms with Gasteiger partial charge in [0.05, 0.1) is 51.6 Å². The number of nitrogens with zero attached hydrogens (tertiary/aromatic N) is 6. The Morgan fingerprint density at radius 2 is 0.875 bits per heavy atom. The van der Waals surface area contributed by atoms with E-state index in [1.807, 2.05) is 133 Å². The molecule has 6 heteroatoms. The molecule has 0 unspecified atom stereocenters. The van der Waals surface area contributed by atoms with E-state index in [9.17, 15) is 0 Å². The monoisotopic (exact) mass is 714 g/mol. The molecule has 0 atom stereocenters. The maximum atomic E-state index is 8.38. The van der Waals surface area contributed by atoms with Crippen LogP contribution in [0.5, 0.6) is 0 Å². The lowest BCUT2D eigenvalue weighted by atomic mass is 9.95. The van der Waals surface area contributed by atoms with E-state index in [-0.39, 0.29) is 0 Å². The number of rotatable bonds is 6. The summed E-state index contributed by atoms with van der Waals surface area (Å²) in [5.74, 6) is 0.650. The molecule has 0 fully saturated rings. The summed E-state index contributed by atoms with van der Waals surface area (Å²) in [6.45, 7) is 8.38. The number of hydrogen-bond acceptors (Lipinski definition) is 5. The number of pyridine rings is 1. The summed E-state index contributed by atoms with van der Waals surface area (Å²) in [6, 6.07) is 60.8. The Balaban J connectivity index is 1.23. The smallest absolute Gasteiger partial charge is 0.215 e. The van der Waals surface area contributed by atoms with Gasteiger partial charge in [0.2, 0.25) is 5.69 Å². The van der Waals surface area contributed by atoms with E-state index in [0.29, 0.717) is 22.5 Å². The molecule has 0 amide bonds. The van der Waals surface area contributed by atoms with Gasteiger partial charge < -0.3 is 0 Å². The zero-order valence-corrected chi connectivity index (χ0v) is 30.0. The van der Waals surface area contributed by atoms with Gasteiger partial charge in [0, 0.05) is 49.5 Å². The molecule has 7 aromatic carbocycles. The molecule has 56 heavy (non-hydrogen) atoms. The van der Waals surface area contributed by atoms with Crippen LogP contribution in [0.4, 0.5) is 5.69 Å². The molecule has 0 saturated heterocycles.